The topological polar surface area (TPSA) is 80.3 Å². The Morgan fingerprint density at radius 2 is 1.58 bits per heavy atom. The lowest BCUT2D eigenvalue weighted by Gasteiger charge is -2.06. The van der Waals surface area contributed by atoms with Gasteiger partial charge in [0.1, 0.15) is 0 Å². The van der Waals surface area contributed by atoms with Gasteiger partial charge in [-0.25, -0.2) is 21.6 Å². The highest BCUT2D eigenvalue weighted by Crippen LogP contribution is 2.31. The minimum absolute atomic E-state index is 0.0346. The molecule has 1 aliphatic carbocycles. The zero-order chi connectivity index (χ0) is 14.1. The lowest BCUT2D eigenvalue weighted by molar-refractivity contribution is 0.575. The molecule has 8 heteroatoms. The fourth-order valence-electron chi connectivity index (χ4n) is 1.67. The number of nitrogens with one attached hydrogen (secondary N) is 1. The second-order valence-electron chi connectivity index (χ2n) is 4.54. The van der Waals surface area contributed by atoms with Crippen LogP contribution in [0, 0.1) is 5.92 Å². The summed E-state index contributed by atoms with van der Waals surface area (Å²) in [6.45, 7) is 0.405. The monoisotopic (exact) mass is 323 g/mol. The van der Waals surface area contributed by atoms with Crippen LogP contribution in [-0.4, -0.2) is 23.4 Å². The van der Waals surface area contributed by atoms with Gasteiger partial charge in [0.05, 0.1) is 9.79 Å². The van der Waals surface area contributed by atoms with Crippen molar-refractivity contribution in [3.8, 4) is 0 Å². The summed E-state index contributed by atoms with van der Waals surface area (Å²) in [7, 11) is -2.25. The van der Waals surface area contributed by atoms with Crippen LogP contribution < -0.4 is 4.72 Å². The summed E-state index contributed by atoms with van der Waals surface area (Å²) < 4.78 is 48.4. The summed E-state index contributed by atoms with van der Waals surface area (Å²) in [6.07, 6.45) is 3.18. The van der Waals surface area contributed by atoms with Crippen LogP contribution in [0.1, 0.15) is 19.3 Å². The minimum atomic E-state index is -3.83. The summed E-state index contributed by atoms with van der Waals surface area (Å²) in [4.78, 5) is -0.0848. The van der Waals surface area contributed by atoms with Gasteiger partial charge >= 0.3 is 0 Å². The van der Waals surface area contributed by atoms with E-state index < -0.39 is 19.1 Å². The van der Waals surface area contributed by atoms with E-state index in [0.717, 1.165) is 6.42 Å². The van der Waals surface area contributed by atoms with Crippen molar-refractivity contribution >= 4 is 29.8 Å². The van der Waals surface area contributed by atoms with Gasteiger partial charge in [0.15, 0.2) is 0 Å². The van der Waals surface area contributed by atoms with Crippen molar-refractivity contribution < 1.29 is 16.8 Å². The normalized spacial score (nSPS) is 16.5. The Morgan fingerprint density at radius 3 is 2.05 bits per heavy atom. The Balaban J connectivity index is 2.07. The zero-order valence-corrected chi connectivity index (χ0v) is 12.4. The van der Waals surface area contributed by atoms with E-state index in [1.54, 1.807) is 0 Å². The third kappa shape index (κ3) is 4.17. The van der Waals surface area contributed by atoms with Crippen LogP contribution >= 0.6 is 10.7 Å². The summed E-state index contributed by atoms with van der Waals surface area (Å²) in [5.74, 6) is 0.645. The quantitative estimate of drug-likeness (QED) is 0.808. The molecule has 106 valence electrons. The Kier molecular flexibility index (Phi) is 4.20. The molecule has 1 fully saturated rings. The molecule has 1 N–H and O–H groups in total. The average Bonchev–Trinajstić information content (AvgIpc) is 3.12. The molecule has 0 unspecified atom stereocenters. The van der Waals surface area contributed by atoms with Crippen molar-refractivity contribution in [1.82, 2.24) is 4.72 Å². The van der Waals surface area contributed by atoms with E-state index in [-0.39, 0.29) is 9.79 Å². The molecule has 1 aromatic rings. The molecule has 0 saturated heterocycles. The maximum absolute atomic E-state index is 11.9. The molecule has 0 radical (unpaired) electrons. The first-order valence-corrected chi connectivity index (χ1v) is 9.63. The molecule has 2 rings (SSSR count). The smallest absolute Gasteiger partial charge is 0.211 e. The van der Waals surface area contributed by atoms with E-state index in [1.807, 2.05) is 0 Å². The standard InChI is InChI=1S/C11H14ClNO4S2/c12-18(14,15)10-3-5-11(6-4-10)19(16,17)13-8-7-9-1-2-9/h3-6,9,13H,1-2,7-8H2. The van der Waals surface area contributed by atoms with E-state index in [2.05, 4.69) is 4.72 Å². The third-order valence-electron chi connectivity index (χ3n) is 2.96. The first-order valence-electron chi connectivity index (χ1n) is 5.83. The number of benzene rings is 1. The molecule has 0 aromatic heterocycles. The Morgan fingerprint density at radius 1 is 1.05 bits per heavy atom. The average molecular weight is 324 g/mol. The van der Waals surface area contributed by atoms with Gasteiger partial charge in [0.25, 0.3) is 9.05 Å². The molecule has 0 heterocycles. The van der Waals surface area contributed by atoms with E-state index in [0.29, 0.717) is 12.5 Å². The van der Waals surface area contributed by atoms with Crippen LogP contribution in [-0.2, 0) is 19.1 Å². The van der Waals surface area contributed by atoms with Gasteiger partial charge < -0.3 is 0 Å². The lowest BCUT2D eigenvalue weighted by Crippen LogP contribution is -2.25. The van der Waals surface area contributed by atoms with E-state index in [4.69, 9.17) is 10.7 Å². The summed E-state index contributed by atoms with van der Waals surface area (Å²) in [6, 6.07) is 4.82. The molecule has 0 amide bonds. The van der Waals surface area contributed by atoms with Gasteiger partial charge in [-0.3, -0.25) is 0 Å². The molecule has 5 nitrogen and oxygen atoms in total. The number of hydrogen-bond donors (Lipinski definition) is 1. The second-order valence-corrected chi connectivity index (χ2v) is 8.87. The Labute approximate surface area is 117 Å². The SMILES string of the molecule is O=S(=O)(Cl)c1ccc(S(=O)(=O)NCCC2CC2)cc1. The van der Waals surface area contributed by atoms with Crippen LogP contribution in [0.4, 0.5) is 0 Å². The van der Waals surface area contributed by atoms with Crippen LogP contribution in [0.5, 0.6) is 0 Å². The minimum Gasteiger partial charge on any atom is -0.211 e. The molecule has 1 aliphatic rings. The van der Waals surface area contributed by atoms with Gasteiger partial charge in [-0.15, -0.1) is 0 Å². The molecule has 0 atom stereocenters. The number of hydrogen-bond acceptors (Lipinski definition) is 4. The first-order chi connectivity index (χ1) is 8.79. The van der Waals surface area contributed by atoms with E-state index in [1.165, 1.54) is 37.1 Å². The van der Waals surface area contributed by atoms with Crippen LogP contribution in [0.25, 0.3) is 0 Å². The van der Waals surface area contributed by atoms with Crippen molar-refractivity contribution in [3.63, 3.8) is 0 Å². The number of sulfonamides is 1. The second kappa shape index (κ2) is 5.40. The van der Waals surface area contributed by atoms with Gasteiger partial charge in [-0.1, -0.05) is 12.8 Å². The molecule has 0 aliphatic heterocycles. The summed E-state index contributed by atoms with van der Waals surface area (Å²) in [5.41, 5.74) is 0. The molecule has 1 aromatic carbocycles. The molecular weight excluding hydrogens is 310 g/mol. The van der Waals surface area contributed by atoms with Crippen molar-refractivity contribution in [2.45, 2.75) is 29.1 Å². The first kappa shape index (κ1) is 14.8. The van der Waals surface area contributed by atoms with Crippen molar-refractivity contribution in [2.75, 3.05) is 6.54 Å². The van der Waals surface area contributed by atoms with Crippen molar-refractivity contribution in [1.29, 1.82) is 0 Å². The van der Waals surface area contributed by atoms with Crippen LogP contribution in [0.15, 0.2) is 34.1 Å². The van der Waals surface area contributed by atoms with E-state index >= 15 is 0 Å². The predicted molar refractivity (Wildman–Crippen MR) is 72.0 cm³/mol. The van der Waals surface area contributed by atoms with Gasteiger partial charge in [-0.05, 0) is 36.6 Å². The molecule has 0 spiro atoms. The number of rotatable bonds is 6. The molecule has 0 bridgehead atoms. The zero-order valence-electron chi connectivity index (χ0n) is 10.0. The summed E-state index contributed by atoms with van der Waals surface area (Å²) in [5, 5.41) is 0. The maximum Gasteiger partial charge on any atom is 0.261 e. The Bertz CT molecular complexity index is 648. The van der Waals surface area contributed by atoms with Crippen LogP contribution in [0.3, 0.4) is 0 Å². The fraction of sp³-hybridized carbons (Fsp3) is 0.455. The largest absolute Gasteiger partial charge is 0.261 e. The lowest BCUT2D eigenvalue weighted by atomic mass is 10.3. The van der Waals surface area contributed by atoms with Crippen molar-refractivity contribution in [3.05, 3.63) is 24.3 Å². The molecular formula is C11H14ClNO4S2. The summed E-state index contributed by atoms with van der Waals surface area (Å²) >= 11 is 0. The van der Waals surface area contributed by atoms with Gasteiger partial charge in [0.2, 0.25) is 10.0 Å². The van der Waals surface area contributed by atoms with Gasteiger partial charge in [-0.2, -0.15) is 0 Å². The maximum atomic E-state index is 11.9. The molecule has 1 saturated carbocycles. The van der Waals surface area contributed by atoms with E-state index in [9.17, 15) is 16.8 Å². The molecule has 19 heavy (non-hydrogen) atoms. The highest BCUT2D eigenvalue weighted by atomic mass is 35.7. The Hall–Kier alpha value is -0.630. The highest BCUT2D eigenvalue weighted by Gasteiger charge is 2.22. The third-order valence-corrected chi connectivity index (χ3v) is 5.80. The van der Waals surface area contributed by atoms with Crippen LogP contribution in [0.2, 0.25) is 0 Å². The number of halogens is 1. The van der Waals surface area contributed by atoms with Gasteiger partial charge in [0, 0.05) is 17.2 Å². The predicted octanol–water partition coefficient (Wildman–Crippen LogP) is 1.69. The fourth-order valence-corrected chi connectivity index (χ4v) is 3.49. The van der Waals surface area contributed by atoms with Crippen molar-refractivity contribution in [2.24, 2.45) is 5.92 Å². The highest BCUT2D eigenvalue weighted by molar-refractivity contribution is 8.13.